The van der Waals surface area contributed by atoms with Crippen molar-refractivity contribution in [3.8, 4) is 11.6 Å². The molecule has 5 heteroatoms. The maximum atomic E-state index is 5.79. The molecule has 5 nitrogen and oxygen atoms in total. The molecule has 0 amide bonds. The Hall–Kier alpha value is -2.56. The molecule has 0 saturated carbocycles. The van der Waals surface area contributed by atoms with Crippen molar-refractivity contribution < 1.29 is 4.74 Å². The predicted octanol–water partition coefficient (Wildman–Crippen LogP) is 2.41. The molecular formula is C13H12N4O. The SMILES string of the molecule is Cc1cccc(Oc2cccc3nc(N)nn23)c1. The Morgan fingerprint density at radius 1 is 1.17 bits per heavy atom. The molecule has 0 aliphatic rings. The van der Waals surface area contributed by atoms with E-state index in [0.29, 0.717) is 11.5 Å². The fraction of sp³-hybridized carbons (Fsp3) is 0.0769. The van der Waals surface area contributed by atoms with Crippen LogP contribution < -0.4 is 10.5 Å². The van der Waals surface area contributed by atoms with Gasteiger partial charge in [-0.15, -0.1) is 5.10 Å². The number of anilines is 1. The first kappa shape index (κ1) is 10.6. The lowest BCUT2D eigenvalue weighted by Crippen LogP contribution is -1.96. The van der Waals surface area contributed by atoms with Crippen molar-refractivity contribution in [2.45, 2.75) is 6.92 Å². The van der Waals surface area contributed by atoms with Crippen LogP contribution in [0.5, 0.6) is 11.6 Å². The molecule has 0 unspecified atom stereocenters. The molecule has 0 spiro atoms. The lowest BCUT2D eigenvalue weighted by molar-refractivity contribution is 0.447. The molecule has 0 saturated heterocycles. The van der Waals surface area contributed by atoms with E-state index in [1.807, 2.05) is 49.4 Å². The van der Waals surface area contributed by atoms with Gasteiger partial charge in [0.1, 0.15) is 5.75 Å². The van der Waals surface area contributed by atoms with Crippen molar-refractivity contribution >= 4 is 11.6 Å². The summed E-state index contributed by atoms with van der Waals surface area (Å²) in [6.45, 7) is 2.01. The molecule has 2 aromatic heterocycles. The standard InChI is InChI=1S/C13H12N4O/c1-9-4-2-5-10(8-9)18-12-7-3-6-11-15-13(14)16-17(11)12/h2-8H,1H3,(H2,14,16). The van der Waals surface area contributed by atoms with E-state index >= 15 is 0 Å². The third kappa shape index (κ3) is 1.86. The van der Waals surface area contributed by atoms with Gasteiger partial charge in [0.25, 0.3) is 0 Å². The minimum Gasteiger partial charge on any atom is -0.439 e. The highest BCUT2D eigenvalue weighted by molar-refractivity contribution is 5.45. The number of aromatic nitrogens is 3. The first-order chi connectivity index (χ1) is 8.72. The number of pyridine rings is 1. The van der Waals surface area contributed by atoms with Gasteiger partial charge >= 0.3 is 0 Å². The minimum absolute atomic E-state index is 0.232. The van der Waals surface area contributed by atoms with E-state index in [0.717, 1.165) is 11.3 Å². The fourth-order valence-corrected chi connectivity index (χ4v) is 1.77. The molecule has 2 N–H and O–H groups in total. The van der Waals surface area contributed by atoms with Crippen LogP contribution in [0.15, 0.2) is 42.5 Å². The van der Waals surface area contributed by atoms with Crippen molar-refractivity contribution in [1.29, 1.82) is 0 Å². The molecule has 2 heterocycles. The zero-order chi connectivity index (χ0) is 12.5. The Morgan fingerprint density at radius 2 is 2.00 bits per heavy atom. The normalized spacial score (nSPS) is 10.7. The van der Waals surface area contributed by atoms with Gasteiger partial charge in [-0.1, -0.05) is 18.2 Å². The van der Waals surface area contributed by atoms with Gasteiger partial charge in [0.05, 0.1) is 0 Å². The van der Waals surface area contributed by atoms with Crippen LogP contribution in [-0.4, -0.2) is 14.6 Å². The van der Waals surface area contributed by atoms with E-state index in [4.69, 9.17) is 10.5 Å². The first-order valence-electron chi connectivity index (χ1n) is 5.58. The van der Waals surface area contributed by atoms with Crippen LogP contribution in [0.3, 0.4) is 0 Å². The number of nitrogens with two attached hydrogens (primary N) is 1. The molecule has 0 aliphatic carbocycles. The molecule has 3 rings (SSSR count). The number of nitrogens with zero attached hydrogens (tertiary/aromatic N) is 3. The molecule has 0 radical (unpaired) electrons. The predicted molar refractivity (Wildman–Crippen MR) is 68.7 cm³/mol. The van der Waals surface area contributed by atoms with Crippen LogP contribution in [0, 0.1) is 6.92 Å². The van der Waals surface area contributed by atoms with Crippen molar-refractivity contribution in [1.82, 2.24) is 14.6 Å². The van der Waals surface area contributed by atoms with Gasteiger partial charge in [0.2, 0.25) is 11.8 Å². The van der Waals surface area contributed by atoms with Gasteiger partial charge in [0.15, 0.2) is 5.65 Å². The van der Waals surface area contributed by atoms with Crippen LogP contribution >= 0.6 is 0 Å². The van der Waals surface area contributed by atoms with Crippen molar-refractivity contribution in [2.75, 3.05) is 5.73 Å². The quantitative estimate of drug-likeness (QED) is 0.747. The van der Waals surface area contributed by atoms with Crippen LogP contribution in [-0.2, 0) is 0 Å². The van der Waals surface area contributed by atoms with Crippen LogP contribution in [0.2, 0.25) is 0 Å². The fourth-order valence-electron chi connectivity index (χ4n) is 1.77. The first-order valence-corrected chi connectivity index (χ1v) is 5.58. The Labute approximate surface area is 104 Å². The van der Waals surface area contributed by atoms with E-state index in [1.54, 1.807) is 4.52 Å². The summed E-state index contributed by atoms with van der Waals surface area (Å²) < 4.78 is 7.37. The Bertz CT molecular complexity index is 705. The Kier molecular flexibility index (Phi) is 2.37. The number of ether oxygens (including phenoxy) is 1. The van der Waals surface area contributed by atoms with E-state index in [-0.39, 0.29) is 5.95 Å². The Balaban J connectivity index is 2.04. The highest BCUT2D eigenvalue weighted by Crippen LogP contribution is 2.22. The second-order valence-electron chi connectivity index (χ2n) is 4.02. The molecule has 1 aromatic carbocycles. The summed E-state index contributed by atoms with van der Waals surface area (Å²) in [4.78, 5) is 4.08. The highest BCUT2D eigenvalue weighted by atomic mass is 16.5. The molecule has 18 heavy (non-hydrogen) atoms. The summed E-state index contributed by atoms with van der Waals surface area (Å²) in [6.07, 6.45) is 0. The molecule has 0 fully saturated rings. The summed E-state index contributed by atoms with van der Waals surface area (Å²) in [5, 5.41) is 4.09. The van der Waals surface area contributed by atoms with Gasteiger partial charge < -0.3 is 10.5 Å². The number of fused-ring (bicyclic) bond motifs is 1. The smallest absolute Gasteiger partial charge is 0.240 e. The number of nitrogen functional groups attached to an aromatic ring is 1. The van der Waals surface area contributed by atoms with E-state index in [9.17, 15) is 0 Å². The number of aryl methyl sites for hydroxylation is 1. The summed E-state index contributed by atoms with van der Waals surface area (Å²) in [5.41, 5.74) is 7.38. The lowest BCUT2D eigenvalue weighted by atomic mass is 10.2. The van der Waals surface area contributed by atoms with Crippen molar-refractivity contribution in [2.24, 2.45) is 0 Å². The van der Waals surface area contributed by atoms with Crippen LogP contribution in [0.1, 0.15) is 5.56 Å². The van der Waals surface area contributed by atoms with E-state index in [1.165, 1.54) is 0 Å². The topological polar surface area (TPSA) is 65.4 Å². The summed E-state index contributed by atoms with van der Waals surface area (Å²) in [6, 6.07) is 13.3. The van der Waals surface area contributed by atoms with Crippen LogP contribution in [0.25, 0.3) is 5.65 Å². The average Bonchev–Trinajstić information content (AvgIpc) is 2.71. The number of hydrogen-bond donors (Lipinski definition) is 1. The summed E-state index contributed by atoms with van der Waals surface area (Å²) in [7, 11) is 0. The molecular weight excluding hydrogens is 228 g/mol. The number of hydrogen-bond acceptors (Lipinski definition) is 4. The third-order valence-corrected chi connectivity index (χ3v) is 2.55. The maximum absolute atomic E-state index is 5.79. The second kappa shape index (κ2) is 4.03. The van der Waals surface area contributed by atoms with E-state index < -0.39 is 0 Å². The minimum atomic E-state index is 0.232. The zero-order valence-corrected chi connectivity index (χ0v) is 9.87. The Morgan fingerprint density at radius 3 is 2.83 bits per heavy atom. The molecule has 0 atom stereocenters. The number of benzene rings is 1. The third-order valence-electron chi connectivity index (χ3n) is 2.55. The van der Waals surface area contributed by atoms with Crippen molar-refractivity contribution in [3.63, 3.8) is 0 Å². The van der Waals surface area contributed by atoms with Gasteiger partial charge in [-0.3, -0.25) is 0 Å². The maximum Gasteiger partial charge on any atom is 0.240 e. The highest BCUT2D eigenvalue weighted by Gasteiger charge is 2.06. The molecule has 3 aromatic rings. The average molecular weight is 240 g/mol. The van der Waals surface area contributed by atoms with Gasteiger partial charge in [-0.05, 0) is 30.7 Å². The molecule has 0 aliphatic heterocycles. The zero-order valence-electron chi connectivity index (χ0n) is 9.87. The van der Waals surface area contributed by atoms with Crippen LogP contribution in [0.4, 0.5) is 5.95 Å². The monoisotopic (exact) mass is 240 g/mol. The largest absolute Gasteiger partial charge is 0.439 e. The second-order valence-corrected chi connectivity index (χ2v) is 4.02. The molecule has 90 valence electrons. The number of rotatable bonds is 2. The molecule has 0 bridgehead atoms. The van der Waals surface area contributed by atoms with Crippen molar-refractivity contribution in [3.05, 3.63) is 48.0 Å². The van der Waals surface area contributed by atoms with E-state index in [2.05, 4.69) is 10.1 Å². The van der Waals surface area contributed by atoms with Gasteiger partial charge in [-0.2, -0.15) is 9.50 Å². The van der Waals surface area contributed by atoms with Gasteiger partial charge in [0, 0.05) is 6.07 Å². The summed E-state index contributed by atoms with van der Waals surface area (Å²) in [5.74, 6) is 1.58. The lowest BCUT2D eigenvalue weighted by Gasteiger charge is -2.07. The summed E-state index contributed by atoms with van der Waals surface area (Å²) >= 11 is 0. The van der Waals surface area contributed by atoms with Gasteiger partial charge in [-0.25, -0.2) is 0 Å².